The summed E-state index contributed by atoms with van der Waals surface area (Å²) in [5.74, 6) is -0.0447. The third-order valence-corrected chi connectivity index (χ3v) is 1.87. The van der Waals surface area contributed by atoms with Crippen LogP contribution in [0.25, 0.3) is 0 Å². The van der Waals surface area contributed by atoms with Crippen molar-refractivity contribution in [1.29, 1.82) is 0 Å². The number of aromatic nitrogens is 2. The summed E-state index contributed by atoms with van der Waals surface area (Å²) in [6.07, 6.45) is 3.42. The van der Waals surface area contributed by atoms with Crippen molar-refractivity contribution in [2.75, 3.05) is 6.54 Å². The Balaban J connectivity index is 2.49. The molecule has 0 spiro atoms. The Morgan fingerprint density at radius 3 is 2.93 bits per heavy atom. The van der Waals surface area contributed by atoms with Crippen LogP contribution in [0.2, 0.25) is 0 Å². The zero-order valence-corrected chi connectivity index (χ0v) is 8.53. The molecule has 0 bridgehead atoms. The van der Waals surface area contributed by atoms with Gasteiger partial charge in [-0.05, 0) is 19.9 Å². The zero-order chi connectivity index (χ0) is 10.6. The average molecular weight is 193 g/mol. The fourth-order valence-corrected chi connectivity index (χ4v) is 1.02. The van der Waals surface area contributed by atoms with E-state index in [4.69, 9.17) is 0 Å². The number of carbonyl (C=O) groups is 1. The van der Waals surface area contributed by atoms with Crippen LogP contribution in [0.4, 0.5) is 0 Å². The molecule has 1 aromatic rings. The standard InChI is InChI=1S/C10H15N3O/c1-8(2)7-11-10(14)9(3)13-6-4-5-12-13/h4-6,9H,1,7H2,2-3H3,(H,11,14). The van der Waals surface area contributed by atoms with Crippen LogP contribution < -0.4 is 5.32 Å². The third kappa shape index (κ3) is 2.73. The van der Waals surface area contributed by atoms with E-state index in [0.717, 1.165) is 5.57 Å². The third-order valence-electron chi connectivity index (χ3n) is 1.87. The first-order chi connectivity index (χ1) is 6.61. The van der Waals surface area contributed by atoms with Gasteiger partial charge in [-0.15, -0.1) is 0 Å². The van der Waals surface area contributed by atoms with Crippen LogP contribution in [0, 0.1) is 0 Å². The molecular formula is C10H15N3O. The number of rotatable bonds is 4. The van der Waals surface area contributed by atoms with Crippen molar-refractivity contribution >= 4 is 5.91 Å². The highest BCUT2D eigenvalue weighted by molar-refractivity contribution is 5.79. The van der Waals surface area contributed by atoms with Crippen molar-refractivity contribution in [2.24, 2.45) is 0 Å². The molecule has 0 saturated heterocycles. The minimum atomic E-state index is -0.274. The normalized spacial score (nSPS) is 12.1. The minimum Gasteiger partial charge on any atom is -0.351 e. The first-order valence-electron chi connectivity index (χ1n) is 4.52. The fraction of sp³-hybridized carbons (Fsp3) is 0.400. The monoisotopic (exact) mass is 193 g/mol. The highest BCUT2D eigenvalue weighted by atomic mass is 16.2. The van der Waals surface area contributed by atoms with E-state index < -0.39 is 0 Å². The second-order valence-electron chi connectivity index (χ2n) is 3.34. The first kappa shape index (κ1) is 10.5. The molecule has 1 rings (SSSR count). The number of amides is 1. The average Bonchev–Trinajstić information content (AvgIpc) is 2.65. The number of hydrogen-bond acceptors (Lipinski definition) is 2. The Bertz CT molecular complexity index is 316. The van der Waals surface area contributed by atoms with Crippen molar-refractivity contribution in [3.05, 3.63) is 30.6 Å². The lowest BCUT2D eigenvalue weighted by Gasteiger charge is -2.12. The van der Waals surface area contributed by atoms with Crippen LogP contribution in [0.5, 0.6) is 0 Å². The van der Waals surface area contributed by atoms with E-state index in [2.05, 4.69) is 17.0 Å². The number of nitrogens with one attached hydrogen (secondary N) is 1. The van der Waals surface area contributed by atoms with E-state index in [1.807, 2.05) is 6.92 Å². The topological polar surface area (TPSA) is 46.9 Å². The van der Waals surface area contributed by atoms with E-state index >= 15 is 0 Å². The van der Waals surface area contributed by atoms with E-state index in [1.54, 1.807) is 30.1 Å². The highest BCUT2D eigenvalue weighted by Crippen LogP contribution is 2.02. The van der Waals surface area contributed by atoms with Crippen LogP contribution >= 0.6 is 0 Å². The maximum atomic E-state index is 11.5. The molecule has 0 radical (unpaired) electrons. The second-order valence-corrected chi connectivity index (χ2v) is 3.34. The van der Waals surface area contributed by atoms with Gasteiger partial charge in [0.05, 0.1) is 0 Å². The Kier molecular flexibility index (Phi) is 3.45. The van der Waals surface area contributed by atoms with Gasteiger partial charge >= 0.3 is 0 Å². The van der Waals surface area contributed by atoms with E-state index in [9.17, 15) is 4.79 Å². The van der Waals surface area contributed by atoms with Gasteiger partial charge in [0.25, 0.3) is 0 Å². The van der Waals surface area contributed by atoms with Crippen molar-refractivity contribution in [2.45, 2.75) is 19.9 Å². The van der Waals surface area contributed by atoms with E-state index in [0.29, 0.717) is 6.54 Å². The van der Waals surface area contributed by atoms with Gasteiger partial charge in [0, 0.05) is 18.9 Å². The molecule has 4 heteroatoms. The van der Waals surface area contributed by atoms with Gasteiger partial charge in [-0.3, -0.25) is 9.48 Å². The SMILES string of the molecule is C=C(C)CNC(=O)C(C)n1cccn1. The van der Waals surface area contributed by atoms with Crippen LogP contribution in [-0.2, 0) is 4.79 Å². The maximum Gasteiger partial charge on any atom is 0.244 e. The maximum absolute atomic E-state index is 11.5. The molecule has 14 heavy (non-hydrogen) atoms. The predicted molar refractivity (Wildman–Crippen MR) is 54.8 cm³/mol. The van der Waals surface area contributed by atoms with E-state index in [1.165, 1.54) is 0 Å². The summed E-state index contributed by atoms with van der Waals surface area (Å²) in [6, 6.07) is 1.52. The summed E-state index contributed by atoms with van der Waals surface area (Å²) < 4.78 is 1.62. The molecule has 0 aromatic carbocycles. The molecular weight excluding hydrogens is 178 g/mol. The largest absolute Gasteiger partial charge is 0.351 e. The molecule has 0 saturated carbocycles. The first-order valence-corrected chi connectivity index (χ1v) is 4.52. The van der Waals surface area contributed by atoms with Gasteiger partial charge in [0.15, 0.2) is 0 Å². The van der Waals surface area contributed by atoms with Crippen molar-refractivity contribution in [3.8, 4) is 0 Å². The van der Waals surface area contributed by atoms with Gasteiger partial charge in [0.2, 0.25) is 5.91 Å². The fourth-order valence-electron chi connectivity index (χ4n) is 1.02. The summed E-state index contributed by atoms with van der Waals surface area (Å²) in [5.41, 5.74) is 0.936. The summed E-state index contributed by atoms with van der Waals surface area (Å²) in [7, 11) is 0. The van der Waals surface area contributed by atoms with Crippen molar-refractivity contribution in [3.63, 3.8) is 0 Å². The minimum absolute atomic E-state index is 0.0447. The van der Waals surface area contributed by atoms with Crippen LogP contribution in [0.1, 0.15) is 19.9 Å². The smallest absolute Gasteiger partial charge is 0.244 e. The summed E-state index contributed by atoms with van der Waals surface area (Å²) in [4.78, 5) is 11.5. The van der Waals surface area contributed by atoms with Gasteiger partial charge in [-0.2, -0.15) is 5.10 Å². The lowest BCUT2D eigenvalue weighted by atomic mass is 10.3. The Morgan fingerprint density at radius 1 is 1.71 bits per heavy atom. The van der Waals surface area contributed by atoms with Gasteiger partial charge in [-0.1, -0.05) is 12.2 Å². The molecule has 0 aliphatic rings. The molecule has 76 valence electrons. The lowest BCUT2D eigenvalue weighted by molar-refractivity contribution is -0.123. The molecule has 1 heterocycles. The summed E-state index contributed by atoms with van der Waals surface area (Å²) in [5, 5.41) is 6.77. The van der Waals surface area contributed by atoms with E-state index in [-0.39, 0.29) is 11.9 Å². The quantitative estimate of drug-likeness (QED) is 0.729. The molecule has 1 atom stereocenters. The lowest BCUT2D eigenvalue weighted by Crippen LogP contribution is -2.32. The molecule has 1 aromatic heterocycles. The van der Waals surface area contributed by atoms with Crippen LogP contribution in [0.15, 0.2) is 30.6 Å². The van der Waals surface area contributed by atoms with Crippen LogP contribution in [0.3, 0.4) is 0 Å². The molecule has 4 nitrogen and oxygen atoms in total. The van der Waals surface area contributed by atoms with Gasteiger partial charge in [0.1, 0.15) is 6.04 Å². The molecule has 0 aliphatic carbocycles. The molecule has 1 amide bonds. The number of hydrogen-bond donors (Lipinski definition) is 1. The molecule has 0 aliphatic heterocycles. The Hall–Kier alpha value is -1.58. The Labute approximate surface area is 83.6 Å². The predicted octanol–water partition coefficient (Wildman–Crippen LogP) is 1.14. The second kappa shape index (κ2) is 4.60. The van der Waals surface area contributed by atoms with Gasteiger partial charge in [-0.25, -0.2) is 0 Å². The van der Waals surface area contributed by atoms with Gasteiger partial charge < -0.3 is 5.32 Å². The number of nitrogens with zero attached hydrogens (tertiary/aromatic N) is 2. The summed E-state index contributed by atoms with van der Waals surface area (Å²) in [6.45, 7) is 7.91. The molecule has 1 N–H and O–H groups in total. The molecule has 0 fully saturated rings. The van der Waals surface area contributed by atoms with Crippen LogP contribution in [-0.4, -0.2) is 22.2 Å². The number of carbonyl (C=O) groups excluding carboxylic acids is 1. The van der Waals surface area contributed by atoms with Crippen molar-refractivity contribution in [1.82, 2.24) is 15.1 Å². The Morgan fingerprint density at radius 2 is 2.43 bits per heavy atom. The summed E-state index contributed by atoms with van der Waals surface area (Å²) >= 11 is 0. The van der Waals surface area contributed by atoms with Crippen molar-refractivity contribution < 1.29 is 4.79 Å². The highest BCUT2D eigenvalue weighted by Gasteiger charge is 2.13. The molecule has 1 unspecified atom stereocenters. The zero-order valence-electron chi connectivity index (χ0n) is 8.53.